The molecule has 2 aliphatic rings. The number of carbonyl (C=O) groups excluding carboxylic acids is 1. The highest BCUT2D eigenvalue weighted by Crippen LogP contribution is 2.30. The Morgan fingerprint density at radius 2 is 2.00 bits per heavy atom. The second-order valence-corrected chi connectivity index (χ2v) is 6.59. The molecule has 0 radical (unpaired) electrons. The third-order valence-electron chi connectivity index (χ3n) is 3.15. The lowest BCUT2D eigenvalue weighted by Crippen LogP contribution is -2.35. The summed E-state index contributed by atoms with van der Waals surface area (Å²) < 4.78 is 0. The maximum absolute atomic E-state index is 12.2. The van der Waals surface area contributed by atoms with Crippen molar-refractivity contribution >= 4 is 51.4 Å². The number of nitrogens with one attached hydrogen (secondary N) is 1. The summed E-state index contributed by atoms with van der Waals surface area (Å²) in [6.07, 6.45) is 1.63. The molecular weight excluding hydrogens is 320 g/mol. The molecule has 0 unspecified atom stereocenters. The van der Waals surface area contributed by atoms with Crippen molar-refractivity contribution in [3.05, 3.63) is 40.4 Å². The predicted molar refractivity (Wildman–Crippen MR) is 91.3 cm³/mol. The summed E-state index contributed by atoms with van der Waals surface area (Å²) in [6, 6.07) is 7.05. The van der Waals surface area contributed by atoms with Crippen molar-refractivity contribution < 1.29 is 4.79 Å². The Balaban J connectivity index is 1.97. The lowest BCUT2D eigenvalue weighted by Gasteiger charge is -2.20. The number of hydrogen-bond acceptors (Lipinski definition) is 4. The highest BCUT2D eigenvalue weighted by Gasteiger charge is 2.36. The highest BCUT2D eigenvalue weighted by molar-refractivity contribution is 8.27. The number of rotatable bonds is 2. The summed E-state index contributed by atoms with van der Waals surface area (Å²) >= 11 is 7.19. The normalized spacial score (nSPS) is 19.6. The SMILES string of the molecule is CC(C)C1=NN2C(=N)C(=Cc3ccc(Cl)cc3)C(=O)N=C2S1. The molecule has 2 heterocycles. The summed E-state index contributed by atoms with van der Waals surface area (Å²) in [5, 5.41) is 16.0. The smallest absolute Gasteiger partial charge is 0.282 e. The van der Waals surface area contributed by atoms with Gasteiger partial charge in [-0.3, -0.25) is 10.2 Å². The third-order valence-corrected chi connectivity index (χ3v) is 4.61. The number of nitrogens with zero attached hydrogens (tertiary/aromatic N) is 3. The average molecular weight is 333 g/mol. The predicted octanol–water partition coefficient (Wildman–Crippen LogP) is 3.62. The highest BCUT2D eigenvalue weighted by atomic mass is 35.5. The summed E-state index contributed by atoms with van der Waals surface area (Å²) in [6.45, 7) is 4.03. The molecule has 0 fully saturated rings. The quantitative estimate of drug-likeness (QED) is 0.841. The van der Waals surface area contributed by atoms with Crippen molar-refractivity contribution in [3.8, 4) is 0 Å². The van der Waals surface area contributed by atoms with E-state index >= 15 is 0 Å². The van der Waals surface area contributed by atoms with Gasteiger partial charge in [0.2, 0.25) is 5.17 Å². The van der Waals surface area contributed by atoms with Gasteiger partial charge in [-0.2, -0.15) is 15.1 Å². The summed E-state index contributed by atoms with van der Waals surface area (Å²) in [5.41, 5.74) is 1.01. The minimum atomic E-state index is -0.418. The maximum Gasteiger partial charge on any atom is 0.283 e. The van der Waals surface area contributed by atoms with Crippen LogP contribution >= 0.6 is 23.4 Å². The van der Waals surface area contributed by atoms with Crippen LogP contribution in [0.3, 0.4) is 0 Å². The van der Waals surface area contributed by atoms with E-state index < -0.39 is 5.91 Å². The summed E-state index contributed by atoms with van der Waals surface area (Å²) in [5.74, 6) is -0.142. The van der Waals surface area contributed by atoms with E-state index in [9.17, 15) is 4.79 Å². The van der Waals surface area contributed by atoms with Crippen LogP contribution in [0.2, 0.25) is 5.02 Å². The Morgan fingerprint density at radius 3 is 2.64 bits per heavy atom. The van der Waals surface area contributed by atoms with E-state index in [4.69, 9.17) is 17.0 Å². The van der Waals surface area contributed by atoms with Crippen molar-refractivity contribution in [2.45, 2.75) is 13.8 Å². The zero-order valence-corrected chi connectivity index (χ0v) is 13.6. The van der Waals surface area contributed by atoms with Crippen LogP contribution in [0.15, 0.2) is 39.9 Å². The molecule has 0 saturated carbocycles. The molecule has 0 aromatic heterocycles. The molecule has 0 saturated heterocycles. The molecule has 0 atom stereocenters. The van der Waals surface area contributed by atoms with Gasteiger partial charge in [0.25, 0.3) is 5.91 Å². The minimum Gasteiger partial charge on any atom is -0.282 e. The first kappa shape index (κ1) is 15.0. The molecule has 1 N–H and O–H groups in total. The van der Waals surface area contributed by atoms with E-state index in [-0.39, 0.29) is 17.3 Å². The molecule has 3 rings (SSSR count). The van der Waals surface area contributed by atoms with Crippen LogP contribution < -0.4 is 0 Å². The number of hydrogen-bond donors (Lipinski definition) is 1. The lowest BCUT2D eigenvalue weighted by molar-refractivity contribution is -0.114. The summed E-state index contributed by atoms with van der Waals surface area (Å²) in [7, 11) is 0. The monoisotopic (exact) mass is 332 g/mol. The van der Waals surface area contributed by atoms with E-state index in [1.54, 1.807) is 30.3 Å². The Labute approximate surface area is 137 Å². The Kier molecular flexibility index (Phi) is 3.88. The number of amides is 1. The maximum atomic E-state index is 12.2. The molecule has 112 valence electrons. The zero-order valence-electron chi connectivity index (χ0n) is 12.0. The lowest BCUT2D eigenvalue weighted by atomic mass is 10.1. The van der Waals surface area contributed by atoms with Gasteiger partial charge in [-0.25, -0.2) is 0 Å². The van der Waals surface area contributed by atoms with Crippen molar-refractivity contribution in [1.29, 1.82) is 5.41 Å². The molecule has 5 nitrogen and oxygen atoms in total. The number of thioether (sulfide) groups is 1. The Bertz CT molecular complexity index is 749. The molecule has 2 aliphatic heterocycles. The standard InChI is InChI=1S/C15H13ClN4OS/c1-8(2)14-19-20-12(17)11(13(21)18-15(20)22-14)7-9-3-5-10(16)6-4-9/h3-8,17H,1-2H3. The van der Waals surface area contributed by atoms with Crippen LogP contribution in [-0.2, 0) is 4.79 Å². The fraction of sp³-hybridized carbons (Fsp3) is 0.200. The van der Waals surface area contributed by atoms with Gasteiger partial charge in [0, 0.05) is 10.9 Å². The van der Waals surface area contributed by atoms with Crippen LogP contribution in [0, 0.1) is 11.3 Å². The van der Waals surface area contributed by atoms with Gasteiger partial charge >= 0.3 is 0 Å². The second-order valence-electron chi connectivity index (χ2n) is 5.16. The van der Waals surface area contributed by atoms with Gasteiger partial charge in [0.1, 0.15) is 5.04 Å². The fourth-order valence-electron chi connectivity index (χ4n) is 1.97. The van der Waals surface area contributed by atoms with Crippen LogP contribution in [0.25, 0.3) is 6.08 Å². The molecule has 0 spiro atoms. The molecule has 0 aliphatic carbocycles. The van der Waals surface area contributed by atoms with Gasteiger partial charge in [0.05, 0.1) is 5.57 Å². The number of benzene rings is 1. The molecule has 1 aromatic carbocycles. The van der Waals surface area contributed by atoms with Gasteiger partial charge < -0.3 is 0 Å². The number of carbonyl (C=O) groups is 1. The van der Waals surface area contributed by atoms with Gasteiger partial charge in [-0.15, -0.1) is 0 Å². The number of fused-ring (bicyclic) bond motifs is 1. The number of amidine groups is 2. The average Bonchev–Trinajstić information content (AvgIpc) is 2.90. The second kappa shape index (κ2) is 5.70. The van der Waals surface area contributed by atoms with E-state index in [0.717, 1.165) is 10.6 Å². The zero-order chi connectivity index (χ0) is 15.9. The van der Waals surface area contributed by atoms with Crippen LogP contribution in [-0.4, -0.2) is 27.0 Å². The van der Waals surface area contributed by atoms with Crippen molar-refractivity contribution in [1.82, 2.24) is 5.01 Å². The number of hydrazone groups is 1. The minimum absolute atomic E-state index is 0.0492. The third kappa shape index (κ3) is 2.71. The largest absolute Gasteiger partial charge is 0.283 e. The fourth-order valence-corrected chi connectivity index (χ4v) is 2.98. The van der Waals surface area contributed by atoms with E-state index in [0.29, 0.717) is 10.2 Å². The molecule has 1 amide bonds. The van der Waals surface area contributed by atoms with Crippen molar-refractivity contribution in [2.75, 3.05) is 0 Å². The van der Waals surface area contributed by atoms with E-state index in [1.165, 1.54) is 16.8 Å². The molecule has 7 heteroatoms. The first-order valence-electron chi connectivity index (χ1n) is 6.71. The van der Waals surface area contributed by atoms with Crippen molar-refractivity contribution in [3.63, 3.8) is 0 Å². The Hall–Kier alpha value is -1.92. The Morgan fingerprint density at radius 1 is 1.32 bits per heavy atom. The van der Waals surface area contributed by atoms with Crippen LogP contribution in [0.1, 0.15) is 19.4 Å². The van der Waals surface area contributed by atoms with E-state index in [1.807, 2.05) is 13.8 Å². The molecule has 1 aromatic rings. The molecular formula is C15H13ClN4OS. The number of halogens is 1. The summed E-state index contributed by atoms with van der Waals surface area (Å²) in [4.78, 5) is 16.2. The molecule has 0 bridgehead atoms. The van der Waals surface area contributed by atoms with Crippen LogP contribution in [0.5, 0.6) is 0 Å². The van der Waals surface area contributed by atoms with Gasteiger partial charge in [0.15, 0.2) is 5.84 Å². The topological polar surface area (TPSA) is 68.9 Å². The molecule has 22 heavy (non-hydrogen) atoms. The van der Waals surface area contributed by atoms with E-state index in [2.05, 4.69) is 10.1 Å². The number of aliphatic imine (C=N–C) groups is 1. The van der Waals surface area contributed by atoms with Gasteiger partial charge in [-0.05, 0) is 35.5 Å². The van der Waals surface area contributed by atoms with Crippen LogP contribution in [0.4, 0.5) is 0 Å². The first-order chi connectivity index (χ1) is 10.5. The first-order valence-corrected chi connectivity index (χ1v) is 7.91. The van der Waals surface area contributed by atoms with Gasteiger partial charge in [-0.1, -0.05) is 37.6 Å². The van der Waals surface area contributed by atoms with Crippen molar-refractivity contribution in [2.24, 2.45) is 16.0 Å².